The summed E-state index contributed by atoms with van der Waals surface area (Å²) in [6.07, 6.45) is 0.285. The number of nitriles is 1. The van der Waals surface area contributed by atoms with Crippen molar-refractivity contribution in [3.63, 3.8) is 0 Å². The molecule has 0 aliphatic carbocycles. The van der Waals surface area contributed by atoms with Crippen LogP contribution in [0.15, 0.2) is 18.2 Å². The Balaban J connectivity index is 2.07. The minimum atomic E-state index is 0.285. The van der Waals surface area contributed by atoms with Crippen molar-refractivity contribution in [1.29, 1.82) is 5.26 Å². The van der Waals surface area contributed by atoms with Gasteiger partial charge in [0.05, 0.1) is 25.4 Å². The Hall–Kier alpha value is -1.57. The second kappa shape index (κ2) is 5.85. The molecule has 0 bridgehead atoms. The monoisotopic (exact) mass is 246 g/mol. The lowest BCUT2D eigenvalue weighted by Crippen LogP contribution is -2.40. The van der Waals surface area contributed by atoms with Gasteiger partial charge in [0.15, 0.2) is 0 Å². The molecule has 18 heavy (non-hydrogen) atoms. The Morgan fingerprint density at radius 2 is 2.39 bits per heavy atom. The minimum Gasteiger partial charge on any atom is -0.495 e. The lowest BCUT2D eigenvalue weighted by atomic mass is 10.1. The van der Waals surface area contributed by atoms with Crippen molar-refractivity contribution in [2.24, 2.45) is 0 Å². The summed E-state index contributed by atoms with van der Waals surface area (Å²) in [4.78, 5) is 2.34. The zero-order valence-electron chi connectivity index (χ0n) is 10.8. The first-order valence-electron chi connectivity index (χ1n) is 6.14. The molecule has 1 atom stereocenters. The highest BCUT2D eigenvalue weighted by atomic mass is 16.5. The third kappa shape index (κ3) is 3.00. The predicted octanol–water partition coefficient (Wildman–Crippen LogP) is 1.79. The first-order valence-corrected chi connectivity index (χ1v) is 6.14. The molecule has 1 unspecified atom stereocenters. The Kier molecular flexibility index (Phi) is 4.19. The fourth-order valence-corrected chi connectivity index (χ4v) is 2.23. The summed E-state index contributed by atoms with van der Waals surface area (Å²) in [5.74, 6) is 0.636. The number of hydrogen-bond acceptors (Lipinski definition) is 4. The highest BCUT2D eigenvalue weighted by Crippen LogP contribution is 2.20. The number of hydrogen-bond donors (Lipinski definition) is 0. The van der Waals surface area contributed by atoms with Crippen LogP contribution in [0.3, 0.4) is 0 Å². The van der Waals surface area contributed by atoms with Gasteiger partial charge in [0, 0.05) is 19.6 Å². The maximum absolute atomic E-state index is 9.06. The van der Waals surface area contributed by atoms with Gasteiger partial charge in [-0.1, -0.05) is 6.07 Å². The van der Waals surface area contributed by atoms with Crippen LogP contribution in [0, 0.1) is 11.3 Å². The van der Waals surface area contributed by atoms with Crippen LogP contribution in [0.2, 0.25) is 0 Å². The highest BCUT2D eigenvalue weighted by molar-refractivity contribution is 5.45. The molecule has 1 heterocycles. The van der Waals surface area contributed by atoms with E-state index in [2.05, 4.69) is 17.9 Å². The van der Waals surface area contributed by atoms with Crippen LogP contribution >= 0.6 is 0 Å². The van der Waals surface area contributed by atoms with Crippen molar-refractivity contribution >= 4 is 0 Å². The summed E-state index contributed by atoms with van der Waals surface area (Å²) in [5.41, 5.74) is 1.73. The first-order chi connectivity index (χ1) is 8.72. The molecule has 0 amide bonds. The van der Waals surface area contributed by atoms with Crippen molar-refractivity contribution in [2.75, 3.05) is 26.8 Å². The third-order valence-corrected chi connectivity index (χ3v) is 3.12. The molecule has 4 heteroatoms. The maximum atomic E-state index is 9.06. The minimum absolute atomic E-state index is 0.285. The van der Waals surface area contributed by atoms with E-state index < -0.39 is 0 Å². The predicted molar refractivity (Wildman–Crippen MR) is 68.4 cm³/mol. The molecule has 1 saturated heterocycles. The number of ether oxygens (including phenoxy) is 2. The second-order valence-corrected chi connectivity index (χ2v) is 4.56. The summed E-state index contributed by atoms with van der Waals surface area (Å²) in [6, 6.07) is 7.94. The smallest absolute Gasteiger partial charge is 0.136 e. The first kappa shape index (κ1) is 12.9. The van der Waals surface area contributed by atoms with E-state index in [0.717, 1.165) is 31.8 Å². The zero-order chi connectivity index (χ0) is 13.0. The van der Waals surface area contributed by atoms with Crippen LogP contribution in [-0.2, 0) is 11.3 Å². The van der Waals surface area contributed by atoms with Gasteiger partial charge in [-0.25, -0.2) is 0 Å². The second-order valence-electron chi connectivity index (χ2n) is 4.56. The molecule has 2 rings (SSSR count). The van der Waals surface area contributed by atoms with E-state index in [9.17, 15) is 0 Å². The van der Waals surface area contributed by atoms with Gasteiger partial charge in [-0.3, -0.25) is 4.90 Å². The highest BCUT2D eigenvalue weighted by Gasteiger charge is 2.17. The van der Waals surface area contributed by atoms with E-state index in [-0.39, 0.29) is 6.10 Å². The average molecular weight is 246 g/mol. The Bertz CT molecular complexity index is 454. The van der Waals surface area contributed by atoms with Gasteiger partial charge in [-0.05, 0) is 24.6 Å². The number of benzene rings is 1. The standard InChI is InChI=1S/C14H18N2O2/c1-11-9-16(5-6-18-11)10-12-3-4-14(17-2)13(7-12)8-15/h3-4,7,11H,5-6,9-10H2,1-2H3. The molecule has 0 radical (unpaired) electrons. The molecular formula is C14H18N2O2. The van der Waals surface area contributed by atoms with E-state index >= 15 is 0 Å². The molecule has 4 nitrogen and oxygen atoms in total. The van der Waals surface area contributed by atoms with Crippen LogP contribution in [0.1, 0.15) is 18.1 Å². The lowest BCUT2D eigenvalue weighted by molar-refractivity contribution is -0.0212. The normalized spacial score (nSPS) is 20.4. The van der Waals surface area contributed by atoms with Crippen LogP contribution in [0.4, 0.5) is 0 Å². The van der Waals surface area contributed by atoms with Crippen LogP contribution in [0.25, 0.3) is 0 Å². The average Bonchev–Trinajstić information content (AvgIpc) is 2.38. The van der Waals surface area contributed by atoms with Crippen molar-refractivity contribution in [1.82, 2.24) is 4.90 Å². The lowest BCUT2D eigenvalue weighted by Gasteiger charge is -2.31. The molecule has 0 spiro atoms. The van der Waals surface area contributed by atoms with E-state index in [1.54, 1.807) is 7.11 Å². The van der Waals surface area contributed by atoms with Crippen molar-refractivity contribution in [2.45, 2.75) is 19.6 Å². The molecule has 0 N–H and O–H groups in total. The SMILES string of the molecule is COc1ccc(CN2CCOC(C)C2)cc1C#N. The quantitative estimate of drug-likeness (QED) is 0.815. The van der Waals surface area contributed by atoms with Crippen molar-refractivity contribution < 1.29 is 9.47 Å². The van der Waals surface area contributed by atoms with E-state index in [1.165, 1.54) is 0 Å². The summed E-state index contributed by atoms with van der Waals surface area (Å²) < 4.78 is 10.7. The van der Waals surface area contributed by atoms with E-state index in [1.807, 2.05) is 18.2 Å². The molecule has 1 aromatic rings. The number of methoxy groups -OCH3 is 1. The Morgan fingerprint density at radius 1 is 1.56 bits per heavy atom. The molecule has 96 valence electrons. The van der Waals surface area contributed by atoms with E-state index in [4.69, 9.17) is 14.7 Å². The molecule has 1 aliphatic rings. The third-order valence-electron chi connectivity index (χ3n) is 3.12. The molecule has 1 fully saturated rings. The summed E-state index contributed by atoms with van der Waals surface area (Å²) in [6.45, 7) is 5.60. The van der Waals surface area contributed by atoms with Gasteiger partial charge < -0.3 is 9.47 Å². The Morgan fingerprint density at radius 3 is 3.06 bits per heavy atom. The van der Waals surface area contributed by atoms with Gasteiger partial charge >= 0.3 is 0 Å². The van der Waals surface area contributed by atoms with Gasteiger partial charge in [0.25, 0.3) is 0 Å². The van der Waals surface area contributed by atoms with Gasteiger partial charge in [-0.2, -0.15) is 5.26 Å². The van der Waals surface area contributed by atoms with Gasteiger partial charge in [0.1, 0.15) is 11.8 Å². The van der Waals surface area contributed by atoms with Crippen LogP contribution in [-0.4, -0.2) is 37.8 Å². The molecule has 0 aromatic heterocycles. The number of morpholine rings is 1. The largest absolute Gasteiger partial charge is 0.495 e. The summed E-state index contributed by atoms with van der Waals surface area (Å²) in [5, 5.41) is 9.06. The molecule has 1 aromatic carbocycles. The van der Waals surface area contributed by atoms with Crippen LogP contribution < -0.4 is 4.74 Å². The van der Waals surface area contributed by atoms with E-state index in [0.29, 0.717) is 11.3 Å². The number of rotatable bonds is 3. The van der Waals surface area contributed by atoms with Gasteiger partial charge in [0.2, 0.25) is 0 Å². The van der Waals surface area contributed by atoms with Crippen molar-refractivity contribution in [3.8, 4) is 11.8 Å². The van der Waals surface area contributed by atoms with Gasteiger partial charge in [-0.15, -0.1) is 0 Å². The molecular weight excluding hydrogens is 228 g/mol. The number of nitrogens with zero attached hydrogens (tertiary/aromatic N) is 2. The topological polar surface area (TPSA) is 45.5 Å². The summed E-state index contributed by atoms with van der Waals surface area (Å²) in [7, 11) is 1.58. The molecule has 0 saturated carbocycles. The summed E-state index contributed by atoms with van der Waals surface area (Å²) >= 11 is 0. The van der Waals surface area contributed by atoms with Crippen molar-refractivity contribution in [3.05, 3.63) is 29.3 Å². The zero-order valence-corrected chi connectivity index (χ0v) is 10.8. The fraction of sp³-hybridized carbons (Fsp3) is 0.500. The fourth-order valence-electron chi connectivity index (χ4n) is 2.23. The van der Waals surface area contributed by atoms with Crippen LogP contribution in [0.5, 0.6) is 5.75 Å². The maximum Gasteiger partial charge on any atom is 0.136 e. The molecule has 1 aliphatic heterocycles. The Labute approximate surface area is 108 Å².